The molecule has 34 heavy (non-hydrogen) atoms. The standard InChI is InChI=1S/C23H28N2O8S/c1-30-19-7-3-17(4-8-19)5-10-23(27)33-16-22(26)24-18-6-9-20(31-2)21(15-18)34(28,29)25-11-13-32-14-12-25/h3-4,6-9,15H,5,10-14,16H2,1-2H3,(H,24,26). The first kappa shape index (κ1) is 25.5. The first-order valence-corrected chi connectivity index (χ1v) is 12.1. The number of sulfonamides is 1. The molecule has 2 aromatic rings. The van der Waals surface area contributed by atoms with E-state index < -0.39 is 28.5 Å². The third-order valence-corrected chi connectivity index (χ3v) is 7.10. The zero-order chi connectivity index (χ0) is 24.6. The van der Waals surface area contributed by atoms with E-state index >= 15 is 0 Å². The average Bonchev–Trinajstić information content (AvgIpc) is 2.87. The predicted octanol–water partition coefficient (Wildman–Crippen LogP) is 1.84. The number of nitrogens with one attached hydrogen (secondary N) is 1. The molecule has 1 aliphatic heterocycles. The van der Waals surface area contributed by atoms with Crippen LogP contribution in [-0.2, 0) is 35.5 Å². The molecule has 1 amide bonds. The molecule has 0 radical (unpaired) electrons. The fourth-order valence-electron chi connectivity index (χ4n) is 3.34. The summed E-state index contributed by atoms with van der Waals surface area (Å²) in [4.78, 5) is 24.2. The van der Waals surface area contributed by atoms with Crippen molar-refractivity contribution in [2.75, 3.05) is 52.4 Å². The van der Waals surface area contributed by atoms with Crippen molar-refractivity contribution in [3.05, 3.63) is 48.0 Å². The molecule has 0 aliphatic carbocycles. The molecule has 1 heterocycles. The molecule has 11 heteroatoms. The van der Waals surface area contributed by atoms with Gasteiger partial charge in [-0.2, -0.15) is 4.31 Å². The van der Waals surface area contributed by atoms with Crippen LogP contribution in [0.4, 0.5) is 5.69 Å². The smallest absolute Gasteiger partial charge is 0.306 e. The normalized spacial score (nSPS) is 14.3. The maximum Gasteiger partial charge on any atom is 0.306 e. The Kier molecular flexibility index (Phi) is 8.85. The van der Waals surface area contributed by atoms with Gasteiger partial charge >= 0.3 is 5.97 Å². The summed E-state index contributed by atoms with van der Waals surface area (Å²) >= 11 is 0. The predicted molar refractivity (Wildman–Crippen MR) is 123 cm³/mol. The Morgan fingerprint density at radius 1 is 1.03 bits per heavy atom. The summed E-state index contributed by atoms with van der Waals surface area (Å²) in [5, 5.41) is 2.56. The molecule has 0 spiro atoms. The highest BCUT2D eigenvalue weighted by molar-refractivity contribution is 7.89. The molecule has 0 bridgehead atoms. The first-order valence-electron chi connectivity index (χ1n) is 10.7. The van der Waals surface area contributed by atoms with Crippen molar-refractivity contribution in [2.24, 2.45) is 0 Å². The summed E-state index contributed by atoms with van der Waals surface area (Å²) in [6.07, 6.45) is 0.579. The maximum absolute atomic E-state index is 13.0. The minimum absolute atomic E-state index is 0.0637. The van der Waals surface area contributed by atoms with Crippen LogP contribution in [0, 0.1) is 0 Å². The number of methoxy groups -OCH3 is 2. The van der Waals surface area contributed by atoms with Gasteiger partial charge in [0.25, 0.3) is 5.91 Å². The monoisotopic (exact) mass is 492 g/mol. The molecule has 0 unspecified atom stereocenters. The van der Waals surface area contributed by atoms with E-state index in [1.165, 1.54) is 29.6 Å². The molecule has 2 aromatic carbocycles. The SMILES string of the molecule is COc1ccc(CCC(=O)OCC(=O)Nc2ccc(OC)c(S(=O)(=O)N3CCOCC3)c2)cc1. The van der Waals surface area contributed by atoms with Crippen molar-refractivity contribution in [3.8, 4) is 11.5 Å². The van der Waals surface area contributed by atoms with Gasteiger partial charge in [0.2, 0.25) is 10.0 Å². The Hall–Kier alpha value is -3.15. The van der Waals surface area contributed by atoms with Crippen LogP contribution in [-0.4, -0.2) is 71.7 Å². The van der Waals surface area contributed by atoms with Crippen LogP contribution in [0.15, 0.2) is 47.4 Å². The molecule has 0 saturated carbocycles. The summed E-state index contributed by atoms with van der Waals surface area (Å²) in [5.41, 5.74) is 1.18. The third-order valence-electron chi connectivity index (χ3n) is 5.18. The number of rotatable bonds is 10. The van der Waals surface area contributed by atoms with Crippen molar-refractivity contribution in [1.82, 2.24) is 4.31 Å². The van der Waals surface area contributed by atoms with Gasteiger partial charge < -0.3 is 24.3 Å². The van der Waals surface area contributed by atoms with E-state index in [4.69, 9.17) is 18.9 Å². The Labute approximate surface area is 198 Å². The van der Waals surface area contributed by atoms with E-state index in [0.717, 1.165) is 11.3 Å². The zero-order valence-corrected chi connectivity index (χ0v) is 19.9. The van der Waals surface area contributed by atoms with Gasteiger partial charge in [0.05, 0.1) is 27.4 Å². The number of aryl methyl sites for hydroxylation is 1. The lowest BCUT2D eigenvalue weighted by Gasteiger charge is -2.26. The summed E-state index contributed by atoms with van der Waals surface area (Å²) in [6.45, 7) is 0.589. The molecule has 10 nitrogen and oxygen atoms in total. The van der Waals surface area contributed by atoms with Crippen molar-refractivity contribution in [2.45, 2.75) is 17.7 Å². The number of amides is 1. The van der Waals surface area contributed by atoms with E-state index in [1.807, 2.05) is 12.1 Å². The van der Waals surface area contributed by atoms with E-state index in [0.29, 0.717) is 19.6 Å². The highest BCUT2D eigenvalue weighted by Gasteiger charge is 2.29. The maximum atomic E-state index is 13.0. The van der Waals surface area contributed by atoms with E-state index in [9.17, 15) is 18.0 Å². The molecule has 0 atom stereocenters. The molecular weight excluding hydrogens is 464 g/mol. The van der Waals surface area contributed by atoms with Gasteiger partial charge in [0.1, 0.15) is 16.4 Å². The van der Waals surface area contributed by atoms with E-state index in [2.05, 4.69) is 5.32 Å². The average molecular weight is 493 g/mol. The largest absolute Gasteiger partial charge is 0.497 e. The van der Waals surface area contributed by atoms with Gasteiger partial charge in [-0.1, -0.05) is 12.1 Å². The minimum atomic E-state index is -3.84. The summed E-state index contributed by atoms with van der Waals surface area (Å²) in [7, 11) is -0.894. The number of ether oxygens (including phenoxy) is 4. The Balaban J connectivity index is 1.55. The van der Waals surface area contributed by atoms with Crippen molar-refractivity contribution in [1.29, 1.82) is 0 Å². The highest BCUT2D eigenvalue weighted by Crippen LogP contribution is 2.30. The lowest BCUT2D eigenvalue weighted by Crippen LogP contribution is -2.40. The van der Waals surface area contributed by atoms with Crippen LogP contribution in [0.25, 0.3) is 0 Å². The summed E-state index contributed by atoms with van der Waals surface area (Å²) < 4.78 is 48.0. The fourth-order valence-corrected chi connectivity index (χ4v) is 4.93. The number of hydrogen-bond donors (Lipinski definition) is 1. The second kappa shape index (κ2) is 11.8. The van der Waals surface area contributed by atoms with Gasteiger partial charge in [0.15, 0.2) is 6.61 Å². The number of nitrogens with zero attached hydrogens (tertiary/aromatic N) is 1. The Bertz CT molecular complexity index is 1100. The molecule has 3 rings (SSSR count). The van der Waals surface area contributed by atoms with Crippen LogP contribution in [0.2, 0.25) is 0 Å². The van der Waals surface area contributed by atoms with Gasteiger partial charge in [0, 0.05) is 25.2 Å². The molecule has 1 fully saturated rings. The number of morpholine rings is 1. The number of carbonyl (C=O) groups is 2. The zero-order valence-electron chi connectivity index (χ0n) is 19.1. The number of hydrogen-bond acceptors (Lipinski definition) is 8. The number of esters is 1. The summed E-state index contributed by atoms with van der Waals surface area (Å²) in [5.74, 6) is -0.217. The van der Waals surface area contributed by atoms with Gasteiger partial charge in [-0.05, 0) is 42.3 Å². The molecule has 1 saturated heterocycles. The second-order valence-electron chi connectivity index (χ2n) is 7.44. The first-order chi connectivity index (χ1) is 16.3. The van der Waals surface area contributed by atoms with Crippen molar-refractivity contribution in [3.63, 3.8) is 0 Å². The molecule has 184 valence electrons. The van der Waals surface area contributed by atoms with Crippen LogP contribution >= 0.6 is 0 Å². The molecule has 1 N–H and O–H groups in total. The molecular formula is C23H28N2O8S. The number of anilines is 1. The minimum Gasteiger partial charge on any atom is -0.497 e. The molecule has 0 aromatic heterocycles. The van der Waals surface area contributed by atoms with Gasteiger partial charge in [-0.25, -0.2) is 8.42 Å². The van der Waals surface area contributed by atoms with Crippen LogP contribution in [0.3, 0.4) is 0 Å². The number of benzene rings is 2. The number of carbonyl (C=O) groups excluding carboxylic acids is 2. The van der Waals surface area contributed by atoms with Crippen LogP contribution < -0.4 is 14.8 Å². The quantitative estimate of drug-likeness (QED) is 0.499. The Morgan fingerprint density at radius 2 is 1.74 bits per heavy atom. The fraction of sp³-hybridized carbons (Fsp3) is 0.391. The van der Waals surface area contributed by atoms with E-state index in [-0.39, 0.29) is 35.8 Å². The van der Waals surface area contributed by atoms with E-state index in [1.54, 1.807) is 19.2 Å². The van der Waals surface area contributed by atoms with Crippen LogP contribution in [0.5, 0.6) is 11.5 Å². The van der Waals surface area contributed by atoms with Gasteiger partial charge in [-0.15, -0.1) is 0 Å². The van der Waals surface area contributed by atoms with Crippen molar-refractivity contribution >= 4 is 27.6 Å². The third kappa shape index (κ3) is 6.69. The van der Waals surface area contributed by atoms with Crippen molar-refractivity contribution < 1.29 is 37.0 Å². The topological polar surface area (TPSA) is 120 Å². The lowest BCUT2D eigenvalue weighted by atomic mass is 10.1. The Morgan fingerprint density at radius 3 is 2.38 bits per heavy atom. The second-order valence-corrected chi connectivity index (χ2v) is 9.35. The lowest BCUT2D eigenvalue weighted by molar-refractivity contribution is -0.147. The molecule has 1 aliphatic rings. The highest BCUT2D eigenvalue weighted by atomic mass is 32.2. The van der Waals surface area contributed by atoms with Crippen LogP contribution in [0.1, 0.15) is 12.0 Å². The summed E-state index contributed by atoms with van der Waals surface area (Å²) in [6, 6.07) is 11.6. The van der Waals surface area contributed by atoms with Gasteiger partial charge in [-0.3, -0.25) is 9.59 Å².